The van der Waals surface area contributed by atoms with Crippen LogP contribution in [0.25, 0.3) is 53.8 Å². The minimum Gasteiger partial charge on any atom is -0.305 e. The maximum absolute atomic E-state index is 13.4. The van der Waals surface area contributed by atoms with Crippen LogP contribution in [0.2, 0.25) is 19.6 Å². The molecule has 0 saturated heterocycles. The van der Waals surface area contributed by atoms with E-state index in [-0.39, 0.29) is 25.9 Å². The smallest absolute Gasteiger partial charge is 0.123 e. The van der Waals surface area contributed by atoms with Crippen LogP contribution in [0.5, 0.6) is 0 Å². The fraction of sp³-hybridized carbons (Fsp3) is 0.358. The van der Waals surface area contributed by atoms with Crippen molar-refractivity contribution in [1.82, 2.24) is 9.97 Å². The SMILES string of the molecule is CC(C)Cc1cc(-c2[c-]cc(C3CCCCC3)cc2)ncc1[Si](C)(C)C.Fc1ccc(-c2ccc3sc4c(-c5cc(CC6CCCC6)ccn5)[c-]ccc4c3c2)cc1.[Ir]. The molecule has 0 aliphatic heterocycles. The maximum atomic E-state index is 13.4. The summed E-state index contributed by atoms with van der Waals surface area (Å²) in [4.78, 5) is 9.55. The zero-order chi connectivity index (χ0) is 40.2. The number of halogens is 1. The predicted octanol–water partition coefficient (Wildman–Crippen LogP) is 14.8. The van der Waals surface area contributed by atoms with Crippen molar-refractivity contribution >= 4 is 44.8 Å². The zero-order valence-corrected chi connectivity index (χ0v) is 39.6. The molecule has 4 aromatic carbocycles. The molecule has 59 heavy (non-hydrogen) atoms. The number of hydrogen-bond donors (Lipinski definition) is 0. The van der Waals surface area contributed by atoms with Gasteiger partial charge in [-0.2, -0.15) is 11.3 Å². The molecule has 0 bridgehead atoms. The van der Waals surface area contributed by atoms with E-state index in [2.05, 4.69) is 112 Å². The first-order valence-corrected chi connectivity index (χ1v) is 26.0. The molecule has 2 aliphatic rings. The van der Waals surface area contributed by atoms with E-state index in [0.717, 1.165) is 58.3 Å². The summed E-state index contributed by atoms with van der Waals surface area (Å²) in [6.07, 6.45) is 18.7. The van der Waals surface area contributed by atoms with Gasteiger partial charge in [-0.1, -0.05) is 144 Å². The number of hydrogen-bond acceptors (Lipinski definition) is 3. The third-order valence-electron chi connectivity index (χ3n) is 12.3. The Labute approximate surface area is 370 Å². The minimum atomic E-state index is -1.37. The molecule has 3 aromatic heterocycles. The topological polar surface area (TPSA) is 25.8 Å². The van der Waals surface area contributed by atoms with Gasteiger partial charge < -0.3 is 9.97 Å². The number of benzene rings is 4. The predicted molar refractivity (Wildman–Crippen MR) is 248 cm³/mol. The standard InChI is InChI=1S/C29H23FNS.C24H34NSi.Ir/c30-23-11-8-21(9-12-23)22-10-13-28-26(18-22)24-6-3-7-25(29(24)32-28)27-17-20(14-15-31-27)16-19-4-1-2-5-19;1-18(2)15-22-16-23(25-17-24(22)26(3,4)5)21-13-11-20(12-14-21)19-9-7-6-8-10-19;/h3,6,8-15,17-19H,1-2,4-5,16H2;11-13,16-19H,6-10,15H2,1-5H3;/q2*-1;. The monoisotopic (exact) mass is 993 g/mol. The maximum Gasteiger partial charge on any atom is 0.123 e. The normalized spacial score (nSPS) is 15.0. The molecule has 307 valence electrons. The van der Waals surface area contributed by atoms with E-state index in [0.29, 0.717) is 5.92 Å². The first-order valence-electron chi connectivity index (χ1n) is 21.7. The number of fused-ring (bicyclic) bond motifs is 3. The van der Waals surface area contributed by atoms with E-state index in [1.807, 2.05) is 24.4 Å². The number of rotatable bonds is 9. The van der Waals surface area contributed by atoms with Crippen molar-refractivity contribution in [2.45, 2.75) is 110 Å². The summed E-state index contributed by atoms with van der Waals surface area (Å²) in [7, 11) is -1.37. The van der Waals surface area contributed by atoms with E-state index in [1.54, 1.807) is 11.3 Å². The Morgan fingerprint density at radius 3 is 2.22 bits per heavy atom. The Morgan fingerprint density at radius 2 is 1.51 bits per heavy atom. The van der Waals surface area contributed by atoms with Crippen molar-refractivity contribution in [3.05, 3.63) is 138 Å². The van der Waals surface area contributed by atoms with Crippen LogP contribution >= 0.6 is 11.3 Å². The number of nitrogens with zero attached hydrogens (tertiary/aromatic N) is 2. The molecule has 0 unspecified atom stereocenters. The summed E-state index contributed by atoms with van der Waals surface area (Å²) in [5.74, 6) is 2.02. The molecular formula is C53H57FIrN2SSi-2. The van der Waals surface area contributed by atoms with Gasteiger partial charge >= 0.3 is 0 Å². The molecular weight excluding hydrogens is 936 g/mol. The van der Waals surface area contributed by atoms with Crippen LogP contribution in [0.4, 0.5) is 4.39 Å². The molecule has 0 atom stereocenters. The molecule has 2 aliphatic carbocycles. The molecule has 0 N–H and O–H groups in total. The van der Waals surface area contributed by atoms with Crippen molar-refractivity contribution in [2.24, 2.45) is 11.8 Å². The van der Waals surface area contributed by atoms with E-state index >= 15 is 0 Å². The molecule has 9 rings (SSSR count). The van der Waals surface area contributed by atoms with Crippen molar-refractivity contribution in [2.75, 3.05) is 0 Å². The minimum absolute atomic E-state index is 0. The molecule has 0 spiro atoms. The third-order valence-corrected chi connectivity index (χ3v) is 15.6. The Hall–Kier alpha value is -3.80. The van der Waals surface area contributed by atoms with Gasteiger partial charge in [-0.05, 0) is 92.8 Å². The van der Waals surface area contributed by atoms with Crippen molar-refractivity contribution in [1.29, 1.82) is 0 Å². The Morgan fingerprint density at radius 1 is 0.763 bits per heavy atom. The van der Waals surface area contributed by atoms with Crippen LogP contribution in [0, 0.1) is 29.8 Å². The Kier molecular flexibility index (Phi) is 14.1. The molecule has 0 amide bonds. The van der Waals surface area contributed by atoms with Crippen molar-refractivity contribution in [3.63, 3.8) is 0 Å². The van der Waals surface area contributed by atoms with E-state index < -0.39 is 8.07 Å². The van der Waals surface area contributed by atoms with Crippen LogP contribution in [-0.4, -0.2) is 18.0 Å². The fourth-order valence-electron chi connectivity index (χ4n) is 9.25. The second kappa shape index (κ2) is 19.3. The van der Waals surface area contributed by atoms with Gasteiger partial charge in [0.05, 0.1) is 8.07 Å². The Balaban J connectivity index is 0.000000180. The quantitative estimate of drug-likeness (QED) is 0.106. The summed E-state index contributed by atoms with van der Waals surface area (Å²) < 4.78 is 15.8. The second-order valence-corrected chi connectivity index (χ2v) is 24.4. The number of pyridine rings is 2. The van der Waals surface area contributed by atoms with Gasteiger partial charge in [0.1, 0.15) is 5.82 Å². The summed E-state index contributed by atoms with van der Waals surface area (Å²) >= 11 is 1.80. The first-order chi connectivity index (χ1) is 28.1. The van der Waals surface area contributed by atoms with Crippen LogP contribution < -0.4 is 5.19 Å². The summed E-state index contributed by atoms with van der Waals surface area (Å²) in [6, 6.07) is 37.9. The fourth-order valence-corrected chi connectivity index (χ4v) is 12.0. The van der Waals surface area contributed by atoms with Gasteiger partial charge in [-0.15, -0.1) is 59.2 Å². The van der Waals surface area contributed by atoms with Gasteiger partial charge in [-0.3, -0.25) is 0 Å². The molecule has 2 saturated carbocycles. The van der Waals surface area contributed by atoms with Crippen LogP contribution in [0.15, 0.2) is 103 Å². The van der Waals surface area contributed by atoms with Gasteiger partial charge in [0.2, 0.25) is 0 Å². The third kappa shape index (κ3) is 10.4. The van der Waals surface area contributed by atoms with Gasteiger partial charge in [0, 0.05) is 37.2 Å². The largest absolute Gasteiger partial charge is 0.305 e. The summed E-state index contributed by atoms with van der Waals surface area (Å²) in [5, 5.41) is 3.96. The summed E-state index contributed by atoms with van der Waals surface area (Å²) in [5.41, 5.74) is 10.8. The van der Waals surface area contributed by atoms with E-state index in [1.165, 1.54) is 112 Å². The van der Waals surface area contributed by atoms with Crippen LogP contribution in [-0.2, 0) is 32.9 Å². The van der Waals surface area contributed by atoms with Crippen molar-refractivity contribution in [3.8, 4) is 33.6 Å². The van der Waals surface area contributed by atoms with E-state index in [4.69, 9.17) is 9.97 Å². The van der Waals surface area contributed by atoms with Crippen LogP contribution in [0.1, 0.15) is 94.2 Å². The summed E-state index contributed by atoms with van der Waals surface area (Å²) in [6.45, 7) is 11.9. The van der Waals surface area contributed by atoms with Gasteiger partial charge in [0.25, 0.3) is 0 Å². The first kappa shape index (κ1) is 43.3. The molecule has 3 heterocycles. The van der Waals surface area contributed by atoms with Gasteiger partial charge in [0.15, 0.2) is 0 Å². The molecule has 2 fully saturated rings. The molecule has 7 aromatic rings. The zero-order valence-electron chi connectivity index (χ0n) is 35.3. The average Bonchev–Trinajstić information content (AvgIpc) is 3.89. The molecule has 2 nitrogen and oxygen atoms in total. The number of aromatic nitrogens is 2. The molecule has 1 radical (unpaired) electrons. The second-order valence-electron chi connectivity index (χ2n) is 18.3. The average molecular weight is 993 g/mol. The number of thiophene rings is 1. The van der Waals surface area contributed by atoms with E-state index in [9.17, 15) is 4.39 Å². The van der Waals surface area contributed by atoms with Gasteiger partial charge in [-0.25, -0.2) is 4.39 Å². The molecule has 6 heteroatoms. The Bertz CT molecular complexity index is 2470. The van der Waals surface area contributed by atoms with Crippen LogP contribution in [0.3, 0.4) is 0 Å². The van der Waals surface area contributed by atoms with Crippen molar-refractivity contribution < 1.29 is 24.5 Å².